The molecule has 7 aromatic carbocycles. The van der Waals surface area contributed by atoms with Gasteiger partial charge in [-0.25, -0.2) is 9.97 Å². The molecule has 4 heteroatoms. The van der Waals surface area contributed by atoms with Crippen LogP contribution in [0.3, 0.4) is 0 Å². The number of hydrogen-bond acceptors (Lipinski definition) is 4. The zero-order valence-electron chi connectivity index (χ0n) is 26.3. The molecule has 0 atom stereocenters. The average Bonchev–Trinajstić information content (AvgIpc) is 3.56. The van der Waals surface area contributed by atoms with Crippen LogP contribution in [0, 0.1) is 0 Å². The summed E-state index contributed by atoms with van der Waals surface area (Å²) in [6.07, 6.45) is 3.68. The lowest BCUT2D eigenvalue weighted by Crippen LogP contribution is -1.96. The van der Waals surface area contributed by atoms with Gasteiger partial charge < -0.3 is 4.42 Å². The van der Waals surface area contributed by atoms with Crippen LogP contribution in [0.5, 0.6) is 0 Å². The number of rotatable bonds is 4. The maximum Gasteiger partial charge on any atom is 0.160 e. The maximum atomic E-state index is 6.15. The van der Waals surface area contributed by atoms with Crippen molar-refractivity contribution in [2.45, 2.75) is 0 Å². The van der Waals surface area contributed by atoms with Crippen LogP contribution < -0.4 is 0 Å². The standard InChI is InChI=1S/C45H27N3O/c1-2-14-35-33(12-1)34-13-3-4-15-36(34)39-24-29(18-20-37(35)39)41-26-42(30-19-21-44-40(25-30)38-16-5-6-17-43(38)49-44)48-45(47-41)31-10-7-9-28(23-31)32-11-8-22-46-27-32/h1-27H. The highest BCUT2D eigenvalue weighted by atomic mass is 16.3. The van der Waals surface area contributed by atoms with Gasteiger partial charge in [0.15, 0.2) is 5.82 Å². The highest BCUT2D eigenvalue weighted by Gasteiger charge is 2.16. The molecule has 10 rings (SSSR count). The van der Waals surface area contributed by atoms with Crippen LogP contribution in [-0.4, -0.2) is 15.0 Å². The van der Waals surface area contributed by atoms with Gasteiger partial charge in [-0.1, -0.05) is 103 Å². The first kappa shape index (κ1) is 27.5. The highest BCUT2D eigenvalue weighted by Crippen LogP contribution is 2.38. The molecule has 0 radical (unpaired) electrons. The molecule has 0 spiro atoms. The van der Waals surface area contributed by atoms with Crippen LogP contribution in [0.1, 0.15) is 0 Å². The van der Waals surface area contributed by atoms with E-state index in [2.05, 4.69) is 126 Å². The maximum absolute atomic E-state index is 6.15. The van der Waals surface area contributed by atoms with Crippen molar-refractivity contribution < 1.29 is 4.42 Å². The third kappa shape index (κ3) is 4.57. The van der Waals surface area contributed by atoms with Gasteiger partial charge in [0, 0.05) is 45.4 Å². The lowest BCUT2D eigenvalue weighted by atomic mass is 9.92. The van der Waals surface area contributed by atoms with E-state index in [0.29, 0.717) is 5.82 Å². The van der Waals surface area contributed by atoms with Crippen LogP contribution in [0.15, 0.2) is 168 Å². The zero-order chi connectivity index (χ0) is 32.3. The second-order valence-electron chi connectivity index (χ2n) is 12.4. The van der Waals surface area contributed by atoms with Crippen LogP contribution in [0.25, 0.3) is 99.3 Å². The van der Waals surface area contributed by atoms with Gasteiger partial charge in [0.1, 0.15) is 11.2 Å². The molecule has 0 saturated carbocycles. The second-order valence-corrected chi connectivity index (χ2v) is 12.4. The fourth-order valence-electron chi connectivity index (χ4n) is 7.20. The molecular weight excluding hydrogens is 599 g/mol. The number of benzene rings is 7. The van der Waals surface area contributed by atoms with Crippen molar-refractivity contribution in [3.63, 3.8) is 0 Å². The SMILES string of the molecule is c1cncc(-c2cccc(-c3nc(-c4ccc5oc6ccccc6c5c4)cc(-c4ccc5c6ccccc6c6ccccc6c5c4)n3)c2)c1. The third-order valence-electron chi connectivity index (χ3n) is 9.55. The Balaban J connectivity index is 1.21. The Morgan fingerprint density at radius 2 is 0.918 bits per heavy atom. The highest BCUT2D eigenvalue weighted by molar-refractivity contribution is 6.25. The van der Waals surface area contributed by atoms with E-state index < -0.39 is 0 Å². The fourth-order valence-corrected chi connectivity index (χ4v) is 7.20. The van der Waals surface area contributed by atoms with E-state index in [1.165, 1.54) is 32.3 Å². The summed E-state index contributed by atoms with van der Waals surface area (Å²) in [5.74, 6) is 0.666. The molecule has 3 heterocycles. The van der Waals surface area contributed by atoms with Crippen molar-refractivity contribution in [2.75, 3.05) is 0 Å². The molecule has 3 aromatic heterocycles. The van der Waals surface area contributed by atoms with Crippen molar-refractivity contribution in [2.24, 2.45) is 0 Å². The van der Waals surface area contributed by atoms with Gasteiger partial charge in [0.25, 0.3) is 0 Å². The van der Waals surface area contributed by atoms with Crippen molar-refractivity contribution >= 4 is 54.3 Å². The fraction of sp³-hybridized carbons (Fsp3) is 0. The van der Waals surface area contributed by atoms with Crippen molar-refractivity contribution in [1.82, 2.24) is 15.0 Å². The minimum Gasteiger partial charge on any atom is -0.456 e. The molecule has 0 saturated heterocycles. The largest absolute Gasteiger partial charge is 0.456 e. The molecule has 0 fully saturated rings. The first-order valence-electron chi connectivity index (χ1n) is 16.4. The Morgan fingerprint density at radius 3 is 1.63 bits per heavy atom. The van der Waals surface area contributed by atoms with Gasteiger partial charge in [-0.3, -0.25) is 4.98 Å². The Bertz CT molecular complexity index is 2860. The normalized spacial score (nSPS) is 11.7. The molecule has 49 heavy (non-hydrogen) atoms. The number of aromatic nitrogens is 3. The van der Waals surface area contributed by atoms with E-state index in [1.54, 1.807) is 6.20 Å². The summed E-state index contributed by atoms with van der Waals surface area (Å²) in [6.45, 7) is 0. The number of furan rings is 1. The molecule has 228 valence electrons. The lowest BCUT2D eigenvalue weighted by Gasteiger charge is -2.13. The molecule has 0 unspecified atom stereocenters. The summed E-state index contributed by atoms with van der Waals surface area (Å²) in [7, 11) is 0. The predicted octanol–water partition coefficient (Wildman–Crippen LogP) is 11.9. The summed E-state index contributed by atoms with van der Waals surface area (Å²) >= 11 is 0. The Labute approximate surface area is 282 Å². The first-order valence-corrected chi connectivity index (χ1v) is 16.4. The molecule has 0 aliphatic carbocycles. The molecule has 0 N–H and O–H groups in total. The van der Waals surface area contributed by atoms with Crippen LogP contribution in [0.2, 0.25) is 0 Å². The summed E-state index contributed by atoms with van der Waals surface area (Å²) in [5, 5.41) is 9.59. The second kappa shape index (κ2) is 11.0. The van der Waals surface area contributed by atoms with Crippen LogP contribution >= 0.6 is 0 Å². The zero-order valence-corrected chi connectivity index (χ0v) is 26.3. The minimum absolute atomic E-state index is 0.666. The monoisotopic (exact) mass is 625 g/mol. The van der Waals surface area contributed by atoms with Crippen LogP contribution in [0.4, 0.5) is 0 Å². The Morgan fingerprint density at radius 1 is 0.347 bits per heavy atom. The summed E-state index contributed by atoms with van der Waals surface area (Å²) < 4.78 is 6.15. The quantitative estimate of drug-likeness (QED) is 0.183. The van der Waals surface area contributed by atoms with Gasteiger partial charge in [0.2, 0.25) is 0 Å². The van der Waals surface area contributed by atoms with Crippen molar-refractivity contribution in [1.29, 1.82) is 0 Å². The topological polar surface area (TPSA) is 51.8 Å². The molecule has 0 aliphatic rings. The van der Waals surface area contributed by atoms with E-state index in [9.17, 15) is 0 Å². The summed E-state index contributed by atoms with van der Waals surface area (Å²) in [6, 6.07) is 53.1. The van der Waals surface area contributed by atoms with Gasteiger partial charge >= 0.3 is 0 Å². The first-order chi connectivity index (χ1) is 24.3. The van der Waals surface area contributed by atoms with Crippen LogP contribution in [-0.2, 0) is 0 Å². The van der Waals surface area contributed by atoms with E-state index in [-0.39, 0.29) is 0 Å². The average molecular weight is 626 g/mol. The van der Waals surface area contributed by atoms with Gasteiger partial charge in [-0.15, -0.1) is 0 Å². The summed E-state index contributed by atoms with van der Waals surface area (Å²) in [4.78, 5) is 14.8. The van der Waals surface area contributed by atoms with Crippen molar-refractivity contribution in [3.8, 4) is 45.0 Å². The van der Waals surface area contributed by atoms with E-state index in [1.807, 2.05) is 36.5 Å². The van der Waals surface area contributed by atoms with E-state index in [4.69, 9.17) is 14.4 Å². The van der Waals surface area contributed by atoms with E-state index >= 15 is 0 Å². The van der Waals surface area contributed by atoms with Gasteiger partial charge in [-0.2, -0.15) is 0 Å². The minimum atomic E-state index is 0.666. The van der Waals surface area contributed by atoms with Crippen molar-refractivity contribution in [3.05, 3.63) is 164 Å². The predicted molar refractivity (Wildman–Crippen MR) is 201 cm³/mol. The smallest absolute Gasteiger partial charge is 0.160 e. The summed E-state index contributed by atoms with van der Waals surface area (Å²) in [5.41, 5.74) is 8.55. The Kier molecular flexibility index (Phi) is 6.15. The molecule has 4 nitrogen and oxygen atoms in total. The molecule has 10 aromatic rings. The number of para-hydroxylation sites is 1. The number of pyridine rings is 1. The molecule has 0 amide bonds. The van der Waals surface area contributed by atoms with Gasteiger partial charge in [-0.05, 0) is 86.4 Å². The van der Waals surface area contributed by atoms with E-state index in [0.717, 1.165) is 61.1 Å². The molecule has 0 bridgehead atoms. The molecule has 0 aliphatic heterocycles. The number of nitrogens with zero attached hydrogens (tertiary/aromatic N) is 3. The number of hydrogen-bond donors (Lipinski definition) is 0. The molecular formula is C45H27N3O. The van der Waals surface area contributed by atoms with Gasteiger partial charge in [0.05, 0.1) is 11.4 Å². The number of fused-ring (bicyclic) bond motifs is 9. The lowest BCUT2D eigenvalue weighted by molar-refractivity contribution is 0.669. The Hall–Kier alpha value is -6.65. The third-order valence-corrected chi connectivity index (χ3v) is 9.55.